The zero-order valence-electron chi connectivity index (χ0n) is 11.4. The van der Waals surface area contributed by atoms with Gasteiger partial charge in [0.15, 0.2) is 17.1 Å². The third-order valence-electron chi connectivity index (χ3n) is 2.71. The molecule has 0 heterocycles. The lowest BCUT2D eigenvalue weighted by atomic mass is 10.0. The van der Waals surface area contributed by atoms with Gasteiger partial charge in [0, 0.05) is 12.7 Å². The highest BCUT2D eigenvalue weighted by molar-refractivity contribution is 5.97. The summed E-state index contributed by atoms with van der Waals surface area (Å²) >= 11 is 0. The van der Waals surface area contributed by atoms with E-state index < -0.39 is 23.2 Å². The predicted molar refractivity (Wildman–Crippen MR) is 68.3 cm³/mol. The Labute approximate surface area is 115 Å². The van der Waals surface area contributed by atoms with Crippen LogP contribution in [0, 0.1) is 5.82 Å². The molecule has 0 saturated carbocycles. The zero-order chi connectivity index (χ0) is 15.3. The SMILES string of the molecule is COCC(C)(NC(=O)c1ccc(OC)c(F)c1)C(=O)O. The molecule has 6 nitrogen and oxygen atoms in total. The summed E-state index contributed by atoms with van der Waals surface area (Å²) in [5.41, 5.74) is -1.60. The van der Waals surface area contributed by atoms with Crippen LogP contribution < -0.4 is 10.1 Å². The van der Waals surface area contributed by atoms with E-state index in [1.54, 1.807) is 0 Å². The Kier molecular flexibility index (Phi) is 5.04. The summed E-state index contributed by atoms with van der Waals surface area (Å²) in [5, 5.41) is 11.4. The average molecular weight is 285 g/mol. The van der Waals surface area contributed by atoms with E-state index in [0.29, 0.717) is 0 Å². The van der Waals surface area contributed by atoms with Crippen LogP contribution in [-0.2, 0) is 9.53 Å². The van der Waals surface area contributed by atoms with E-state index in [4.69, 9.17) is 14.6 Å². The van der Waals surface area contributed by atoms with Crippen LogP contribution in [-0.4, -0.2) is 43.3 Å². The molecule has 1 atom stereocenters. The fourth-order valence-electron chi connectivity index (χ4n) is 1.57. The van der Waals surface area contributed by atoms with Gasteiger partial charge in [0.2, 0.25) is 0 Å². The molecule has 2 N–H and O–H groups in total. The molecule has 0 aliphatic rings. The van der Waals surface area contributed by atoms with Crippen molar-refractivity contribution in [2.24, 2.45) is 0 Å². The Balaban J connectivity index is 2.95. The van der Waals surface area contributed by atoms with Gasteiger partial charge in [0.1, 0.15) is 0 Å². The number of amides is 1. The molecule has 0 aliphatic carbocycles. The topological polar surface area (TPSA) is 84.9 Å². The molecular weight excluding hydrogens is 269 g/mol. The highest BCUT2D eigenvalue weighted by Gasteiger charge is 2.35. The van der Waals surface area contributed by atoms with Crippen molar-refractivity contribution >= 4 is 11.9 Å². The van der Waals surface area contributed by atoms with Gasteiger partial charge in [-0.1, -0.05) is 0 Å². The minimum atomic E-state index is -1.60. The summed E-state index contributed by atoms with van der Waals surface area (Å²) in [5.74, 6) is -2.67. The van der Waals surface area contributed by atoms with E-state index >= 15 is 0 Å². The first-order valence-corrected chi connectivity index (χ1v) is 5.72. The summed E-state index contributed by atoms with van der Waals surface area (Å²) in [6.07, 6.45) is 0. The molecule has 0 saturated heterocycles. The molecule has 20 heavy (non-hydrogen) atoms. The number of hydrogen-bond acceptors (Lipinski definition) is 4. The minimum Gasteiger partial charge on any atom is -0.494 e. The molecule has 110 valence electrons. The second-order valence-electron chi connectivity index (χ2n) is 4.37. The number of hydrogen-bond donors (Lipinski definition) is 2. The fourth-order valence-corrected chi connectivity index (χ4v) is 1.57. The van der Waals surface area contributed by atoms with E-state index in [2.05, 4.69) is 5.32 Å². The summed E-state index contributed by atoms with van der Waals surface area (Å²) in [6.45, 7) is 1.09. The van der Waals surface area contributed by atoms with E-state index in [1.165, 1.54) is 33.3 Å². The van der Waals surface area contributed by atoms with Gasteiger partial charge >= 0.3 is 5.97 Å². The predicted octanol–water partition coefficient (Wildman–Crippen LogP) is 1.05. The normalized spacial score (nSPS) is 13.4. The summed E-state index contributed by atoms with van der Waals surface area (Å²) < 4.78 is 23.0. The van der Waals surface area contributed by atoms with Gasteiger partial charge in [0.25, 0.3) is 5.91 Å². The molecule has 1 unspecified atom stereocenters. The Hall–Kier alpha value is -2.15. The van der Waals surface area contributed by atoms with Crippen LogP contribution in [0.3, 0.4) is 0 Å². The Morgan fingerprint density at radius 3 is 2.50 bits per heavy atom. The number of ether oxygens (including phenoxy) is 2. The number of aliphatic carboxylic acids is 1. The maximum atomic E-state index is 13.5. The summed E-state index contributed by atoms with van der Waals surface area (Å²) in [4.78, 5) is 23.1. The highest BCUT2D eigenvalue weighted by atomic mass is 19.1. The largest absolute Gasteiger partial charge is 0.494 e. The molecule has 0 radical (unpaired) electrons. The Morgan fingerprint density at radius 2 is 2.05 bits per heavy atom. The van der Waals surface area contributed by atoms with Crippen molar-refractivity contribution < 1.29 is 28.6 Å². The van der Waals surface area contributed by atoms with Gasteiger partial charge in [-0.3, -0.25) is 4.79 Å². The average Bonchev–Trinajstić information content (AvgIpc) is 2.38. The van der Waals surface area contributed by atoms with Crippen LogP contribution >= 0.6 is 0 Å². The molecule has 0 aliphatic heterocycles. The first kappa shape index (κ1) is 15.9. The first-order valence-electron chi connectivity index (χ1n) is 5.72. The first-order chi connectivity index (χ1) is 9.34. The van der Waals surface area contributed by atoms with Crippen LogP contribution in [0.2, 0.25) is 0 Å². The monoisotopic (exact) mass is 285 g/mol. The second kappa shape index (κ2) is 6.33. The number of methoxy groups -OCH3 is 2. The van der Waals surface area contributed by atoms with Crippen molar-refractivity contribution in [2.75, 3.05) is 20.8 Å². The molecule has 0 bridgehead atoms. The van der Waals surface area contributed by atoms with Gasteiger partial charge in [-0.2, -0.15) is 0 Å². The van der Waals surface area contributed by atoms with Gasteiger partial charge < -0.3 is 19.9 Å². The smallest absolute Gasteiger partial charge is 0.331 e. The van der Waals surface area contributed by atoms with Crippen molar-refractivity contribution in [3.05, 3.63) is 29.6 Å². The van der Waals surface area contributed by atoms with Crippen molar-refractivity contribution in [3.63, 3.8) is 0 Å². The molecule has 0 fully saturated rings. The van der Waals surface area contributed by atoms with Crippen LogP contribution in [0.1, 0.15) is 17.3 Å². The maximum Gasteiger partial charge on any atom is 0.331 e. The molecule has 0 aromatic heterocycles. The number of carboxylic acid groups (broad SMARTS) is 1. The maximum absolute atomic E-state index is 13.5. The number of rotatable bonds is 6. The lowest BCUT2D eigenvalue weighted by molar-refractivity contribution is -0.145. The molecular formula is C13H16FNO5. The van der Waals surface area contributed by atoms with E-state index in [-0.39, 0.29) is 17.9 Å². The van der Waals surface area contributed by atoms with Crippen LogP contribution in [0.15, 0.2) is 18.2 Å². The van der Waals surface area contributed by atoms with Gasteiger partial charge in [-0.05, 0) is 25.1 Å². The highest BCUT2D eigenvalue weighted by Crippen LogP contribution is 2.18. The summed E-state index contributed by atoms with van der Waals surface area (Å²) in [7, 11) is 2.62. The van der Waals surface area contributed by atoms with E-state index in [9.17, 15) is 14.0 Å². The zero-order valence-corrected chi connectivity index (χ0v) is 11.4. The molecule has 7 heteroatoms. The number of benzene rings is 1. The van der Waals surface area contributed by atoms with Crippen molar-refractivity contribution in [2.45, 2.75) is 12.5 Å². The molecule has 1 aromatic carbocycles. The van der Waals surface area contributed by atoms with Crippen molar-refractivity contribution in [3.8, 4) is 5.75 Å². The molecule has 1 rings (SSSR count). The van der Waals surface area contributed by atoms with Crippen molar-refractivity contribution in [1.29, 1.82) is 0 Å². The Bertz CT molecular complexity index is 519. The van der Waals surface area contributed by atoms with Gasteiger partial charge in [-0.15, -0.1) is 0 Å². The number of nitrogens with one attached hydrogen (secondary N) is 1. The van der Waals surface area contributed by atoms with E-state index in [1.807, 2.05) is 0 Å². The Morgan fingerprint density at radius 1 is 1.40 bits per heavy atom. The number of halogens is 1. The van der Waals surface area contributed by atoms with Gasteiger partial charge in [0.05, 0.1) is 13.7 Å². The van der Waals surface area contributed by atoms with Crippen LogP contribution in [0.5, 0.6) is 5.75 Å². The second-order valence-corrected chi connectivity index (χ2v) is 4.37. The molecule has 0 spiro atoms. The lowest BCUT2D eigenvalue weighted by Crippen LogP contribution is -2.55. The lowest BCUT2D eigenvalue weighted by Gasteiger charge is -2.25. The third kappa shape index (κ3) is 3.45. The molecule has 1 aromatic rings. The van der Waals surface area contributed by atoms with E-state index in [0.717, 1.165) is 6.07 Å². The quantitative estimate of drug-likeness (QED) is 0.816. The third-order valence-corrected chi connectivity index (χ3v) is 2.71. The minimum absolute atomic E-state index is 0.000521. The fraction of sp³-hybridized carbons (Fsp3) is 0.385. The number of carboxylic acids is 1. The standard InChI is InChI=1S/C13H16FNO5/c1-13(7-19-2,12(17)18)15-11(16)8-4-5-10(20-3)9(14)6-8/h4-6H,7H2,1-3H3,(H,15,16)(H,17,18). The number of carbonyl (C=O) groups is 2. The van der Waals surface area contributed by atoms with Crippen molar-refractivity contribution in [1.82, 2.24) is 5.32 Å². The van der Waals surface area contributed by atoms with Crippen LogP contribution in [0.25, 0.3) is 0 Å². The van der Waals surface area contributed by atoms with Crippen LogP contribution in [0.4, 0.5) is 4.39 Å². The number of carbonyl (C=O) groups excluding carboxylic acids is 1. The van der Waals surface area contributed by atoms with Gasteiger partial charge in [-0.25, -0.2) is 9.18 Å². The summed E-state index contributed by atoms with van der Waals surface area (Å²) in [6, 6.07) is 3.61. The molecule has 1 amide bonds.